The molecule has 0 atom stereocenters. The van der Waals surface area contributed by atoms with Crippen molar-refractivity contribution in [2.24, 2.45) is 0 Å². The molecule has 3 aromatic rings. The molecule has 0 radical (unpaired) electrons. The highest BCUT2D eigenvalue weighted by Crippen LogP contribution is 2.35. The lowest BCUT2D eigenvalue weighted by Gasteiger charge is -2.19. The van der Waals surface area contributed by atoms with Crippen LogP contribution in [0.15, 0.2) is 54.6 Å². The molecule has 136 valence electrons. The molecule has 0 aromatic heterocycles. The molecular formula is C24H19F3. The molecule has 0 fully saturated rings. The van der Waals surface area contributed by atoms with E-state index in [9.17, 15) is 13.2 Å². The van der Waals surface area contributed by atoms with Crippen LogP contribution in [0.5, 0.6) is 0 Å². The molecule has 27 heavy (non-hydrogen) atoms. The Balaban J connectivity index is 1.73. The quantitative estimate of drug-likeness (QED) is 0.478. The fourth-order valence-corrected chi connectivity index (χ4v) is 3.62. The third-order valence-electron chi connectivity index (χ3n) is 5.17. The fraction of sp³-hybridized carbons (Fsp3) is 0.167. The van der Waals surface area contributed by atoms with Crippen molar-refractivity contribution >= 4 is 11.6 Å². The maximum Gasteiger partial charge on any atom is 0.131 e. The van der Waals surface area contributed by atoms with E-state index in [1.165, 1.54) is 18.2 Å². The van der Waals surface area contributed by atoms with Crippen molar-refractivity contribution in [2.45, 2.75) is 26.2 Å². The zero-order valence-electron chi connectivity index (χ0n) is 15.0. The van der Waals surface area contributed by atoms with E-state index < -0.39 is 0 Å². The molecule has 0 saturated heterocycles. The van der Waals surface area contributed by atoms with Gasteiger partial charge in [0.1, 0.15) is 17.5 Å². The van der Waals surface area contributed by atoms with Gasteiger partial charge in [-0.2, -0.15) is 0 Å². The Kier molecular flexibility index (Phi) is 4.61. The molecule has 0 spiro atoms. The number of halogens is 3. The van der Waals surface area contributed by atoms with Crippen molar-refractivity contribution < 1.29 is 13.2 Å². The summed E-state index contributed by atoms with van der Waals surface area (Å²) in [6.07, 6.45) is 4.07. The van der Waals surface area contributed by atoms with Crippen LogP contribution in [0.1, 0.15) is 35.6 Å². The van der Waals surface area contributed by atoms with Crippen LogP contribution in [0.2, 0.25) is 0 Å². The summed E-state index contributed by atoms with van der Waals surface area (Å²) in [5.74, 6) is -0.937. The molecule has 0 saturated carbocycles. The van der Waals surface area contributed by atoms with Gasteiger partial charge in [-0.1, -0.05) is 37.3 Å². The van der Waals surface area contributed by atoms with Gasteiger partial charge in [0.2, 0.25) is 0 Å². The van der Waals surface area contributed by atoms with Gasteiger partial charge in [-0.05, 0) is 77.4 Å². The van der Waals surface area contributed by atoms with Crippen molar-refractivity contribution in [1.82, 2.24) is 0 Å². The molecule has 0 N–H and O–H groups in total. The summed E-state index contributed by atoms with van der Waals surface area (Å²) >= 11 is 0. The first-order valence-corrected chi connectivity index (χ1v) is 9.13. The average Bonchev–Trinajstić information content (AvgIpc) is 2.67. The highest BCUT2D eigenvalue weighted by molar-refractivity contribution is 5.85. The van der Waals surface area contributed by atoms with E-state index in [1.807, 2.05) is 31.2 Å². The number of benzene rings is 3. The van der Waals surface area contributed by atoms with E-state index in [0.29, 0.717) is 29.5 Å². The zero-order chi connectivity index (χ0) is 19.0. The molecule has 0 nitrogen and oxygen atoms in total. The van der Waals surface area contributed by atoms with Crippen molar-refractivity contribution in [3.63, 3.8) is 0 Å². The van der Waals surface area contributed by atoms with Crippen LogP contribution in [0.3, 0.4) is 0 Å². The van der Waals surface area contributed by atoms with Gasteiger partial charge in [-0.25, -0.2) is 13.2 Å². The fourth-order valence-electron chi connectivity index (χ4n) is 3.62. The number of rotatable bonds is 3. The number of fused-ring (bicyclic) bond motifs is 1. The summed E-state index contributed by atoms with van der Waals surface area (Å²) in [5.41, 5.74) is 5.33. The molecule has 0 amide bonds. The average molecular weight is 364 g/mol. The maximum absolute atomic E-state index is 14.7. The third-order valence-corrected chi connectivity index (χ3v) is 5.17. The Morgan fingerprint density at radius 1 is 0.778 bits per heavy atom. The Morgan fingerprint density at radius 2 is 1.52 bits per heavy atom. The first-order chi connectivity index (χ1) is 13.0. The van der Waals surface area contributed by atoms with Crippen LogP contribution < -0.4 is 0 Å². The summed E-state index contributed by atoms with van der Waals surface area (Å²) < 4.78 is 42.3. The summed E-state index contributed by atoms with van der Waals surface area (Å²) in [4.78, 5) is 0. The second-order valence-electron chi connectivity index (χ2n) is 6.88. The lowest BCUT2D eigenvalue weighted by molar-refractivity contribution is 0.620. The minimum atomic E-state index is -0.361. The molecule has 0 unspecified atom stereocenters. The Hall–Kier alpha value is -2.81. The minimum absolute atomic E-state index is 0.229. The highest BCUT2D eigenvalue weighted by atomic mass is 19.1. The first-order valence-electron chi connectivity index (χ1n) is 9.13. The summed E-state index contributed by atoms with van der Waals surface area (Å²) in [7, 11) is 0. The van der Waals surface area contributed by atoms with Crippen LogP contribution in [0.25, 0.3) is 22.8 Å². The first kappa shape index (κ1) is 17.6. The Morgan fingerprint density at radius 3 is 2.22 bits per heavy atom. The Bertz CT molecular complexity index is 1030. The number of allylic oxidation sites excluding steroid dienone is 1. The van der Waals surface area contributed by atoms with Crippen LogP contribution in [0.4, 0.5) is 13.2 Å². The lowest BCUT2D eigenvalue weighted by Crippen LogP contribution is -2.03. The monoisotopic (exact) mass is 364 g/mol. The van der Waals surface area contributed by atoms with E-state index in [1.54, 1.807) is 18.2 Å². The second-order valence-corrected chi connectivity index (χ2v) is 6.88. The maximum atomic E-state index is 14.7. The van der Waals surface area contributed by atoms with Gasteiger partial charge in [0.05, 0.1) is 0 Å². The molecule has 0 aliphatic heterocycles. The molecule has 1 aliphatic carbocycles. The molecule has 3 aromatic carbocycles. The van der Waals surface area contributed by atoms with Gasteiger partial charge < -0.3 is 0 Å². The van der Waals surface area contributed by atoms with Crippen LogP contribution in [0, 0.1) is 17.5 Å². The van der Waals surface area contributed by atoms with Crippen molar-refractivity contribution in [2.75, 3.05) is 0 Å². The highest BCUT2D eigenvalue weighted by Gasteiger charge is 2.18. The molecule has 0 bridgehead atoms. The molecule has 0 heterocycles. The largest absolute Gasteiger partial charge is 0.207 e. The summed E-state index contributed by atoms with van der Waals surface area (Å²) in [5, 5.41) is 0. The molecule has 1 aliphatic rings. The molecule has 3 heteroatoms. The van der Waals surface area contributed by atoms with Gasteiger partial charge in [0.15, 0.2) is 0 Å². The Labute approximate surface area is 157 Å². The van der Waals surface area contributed by atoms with Crippen LogP contribution >= 0.6 is 0 Å². The number of hydrogen-bond donors (Lipinski definition) is 0. The van der Waals surface area contributed by atoms with E-state index in [2.05, 4.69) is 0 Å². The second kappa shape index (κ2) is 7.07. The van der Waals surface area contributed by atoms with Crippen molar-refractivity contribution in [1.29, 1.82) is 0 Å². The van der Waals surface area contributed by atoms with E-state index in [0.717, 1.165) is 28.7 Å². The molecule has 4 rings (SSSR count). The third kappa shape index (κ3) is 3.42. The minimum Gasteiger partial charge on any atom is -0.207 e. The van der Waals surface area contributed by atoms with Gasteiger partial charge in [0.25, 0.3) is 0 Å². The van der Waals surface area contributed by atoms with Crippen LogP contribution in [-0.4, -0.2) is 0 Å². The normalized spacial score (nSPS) is 13.3. The van der Waals surface area contributed by atoms with Gasteiger partial charge in [-0.15, -0.1) is 0 Å². The summed E-state index contributed by atoms with van der Waals surface area (Å²) in [6, 6.07) is 14.5. The topological polar surface area (TPSA) is 0 Å². The van der Waals surface area contributed by atoms with E-state index in [4.69, 9.17) is 0 Å². The molecular weight excluding hydrogens is 345 g/mol. The SMILES string of the molecule is CCc1ccc(C2=Cc3cc(F)c(-c4ccc(F)cc4)cc3CC2)c(F)c1. The van der Waals surface area contributed by atoms with Gasteiger partial charge in [0, 0.05) is 11.1 Å². The smallest absolute Gasteiger partial charge is 0.131 e. The van der Waals surface area contributed by atoms with Crippen molar-refractivity contribution in [3.8, 4) is 11.1 Å². The predicted octanol–water partition coefficient (Wildman–Crippen LogP) is 6.82. The van der Waals surface area contributed by atoms with Crippen LogP contribution in [-0.2, 0) is 12.8 Å². The number of hydrogen-bond acceptors (Lipinski definition) is 0. The summed E-state index contributed by atoms with van der Waals surface area (Å²) in [6.45, 7) is 1.99. The van der Waals surface area contributed by atoms with Gasteiger partial charge >= 0.3 is 0 Å². The standard InChI is InChI=1S/C24H19F3/c1-2-15-3-10-21(23(26)11-15)18-5-4-17-13-22(24(27)14-19(17)12-18)16-6-8-20(25)9-7-16/h3,6-14H,2,4-5H2,1H3. The zero-order valence-corrected chi connectivity index (χ0v) is 15.0. The van der Waals surface area contributed by atoms with E-state index in [-0.39, 0.29) is 17.5 Å². The van der Waals surface area contributed by atoms with Crippen molar-refractivity contribution in [3.05, 3.63) is 94.3 Å². The predicted molar refractivity (Wildman–Crippen MR) is 104 cm³/mol. The van der Waals surface area contributed by atoms with Gasteiger partial charge in [-0.3, -0.25) is 0 Å². The van der Waals surface area contributed by atoms with E-state index >= 15 is 0 Å². The number of aryl methyl sites for hydroxylation is 2. The lowest BCUT2D eigenvalue weighted by atomic mass is 9.86.